The summed E-state index contributed by atoms with van der Waals surface area (Å²) < 4.78 is 5.51. The SMILES string of the molecule is Clc1cnc(N2CCC3(CCOC3)C2)c(Cl)c1. The molecule has 0 aliphatic carbocycles. The van der Waals surface area contributed by atoms with Crippen LogP contribution in [0.15, 0.2) is 12.3 Å². The van der Waals surface area contributed by atoms with Gasteiger partial charge in [-0.25, -0.2) is 4.98 Å². The van der Waals surface area contributed by atoms with E-state index in [0.717, 1.165) is 45.0 Å². The highest BCUT2D eigenvalue weighted by Crippen LogP contribution is 2.41. The Hall–Kier alpha value is -0.510. The Morgan fingerprint density at radius 2 is 2.24 bits per heavy atom. The lowest BCUT2D eigenvalue weighted by Gasteiger charge is -2.23. The third-order valence-electron chi connectivity index (χ3n) is 3.71. The molecule has 1 atom stereocenters. The summed E-state index contributed by atoms with van der Waals surface area (Å²) in [5, 5.41) is 1.21. The quantitative estimate of drug-likeness (QED) is 0.786. The highest BCUT2D eigenvalue weighted by Gasteiger charge is 2.42. The zero-order chi connectivity index (χ0) is 11.9. The third-order valence-corrected chi connectivity index (χ3v) is 4.20. The van der Waals surface area contributed by atoms with E-state index in [0.29, 0.717) is 15.5 Å². The Morgan fingerprint density at radius 3 is 2.94 bits per heavy atom. The van der Waals surface area contributed by atoms with Gasteiger partial charge >= 0.3 is 0 Å². The lowest BCUT2D eigenvalue weighted by atomic mass is 9.87. The predicted octanol–water partition coefficient (Wildman–Crippen LogP) is 3.01. The van der Waals surface area contributed by atoms with E-state index in [1.54, 1.807) is 12.3 Å². The molecular formula is C12H14Cl2N2O. The number of anilines is 1. The lowest BCUT2D eigenvalue weighted by molar-refractivity contribution is 0.160. The molecule has 2 saturated heterocycles. The van der Waals surface area contributed by atoms with Gasteiger partial charge in [0.1, 0.15) is 5.82 Å². The molecule has 3 heterocycles. The molecule has 2 aliphatic heterocycles. The second kappa shape index (κ2) is 4.30. The van der Waals surface area contributed by atoms with Crippen LogP contribution in [-0.4, -0.2) is 31.3 Å². The van der Waals surface area contributed by atoms with Crippen molar-refractivity contribution in [3.05, 3.63) is 22.3 Å². The van der Waals surface area contributed by atoms with Crippen LogP contribution in [0.25, 0.3) is 0 Å². The topological polar surface area (TPSA) is 25.4 Å². The first-order chi connectivity index (χ1) is 8.19. The molecule has 92 valence electrons. The second-order valence-electron chi connectivity index (χ2n) is 4.93. The summed E-state index contributed by atoms with van der Waals surface area (Å²) in [6.45, 7) is 3.74. The van der Waals surface area contributed by atoms with Gasteiger partial charge in [0.2, 0.25) is 0 Å². The van der Waals surface area contributed by atoms with E-state index in [4.69, 9.17) is 27.9 Å². The summed E-state index contributed by atoms with van der Waals surface area (Å²) in [6.07, 6.45) is 3.96. The summed E-state index contributed by atoms with van der Waals surface area (Å²) in [7, 11) is 0. The van der Waals surface area contributed by atoms with Crippen LogP contribution in [0.4, 0.5) is 5.82 Å². The average molecular weight is 273 g/mol. The molecule has 2 fully saturated rings. The molecule has 0 N–H and O–H groups in total. The predicted molar refractivity (Wildman–Crippen MR) is 69.0 cm³/mol. The van der Waals surface area contributed by atoms with Crippen LogP contribution in [0.2, 0.25) is 10.0 Å². The highest BCUT2D eigenvalue weighted by molar-refractivity contribution is 6.36. The van der Waals surface area contributed by atoms with E-state index < -0.39 is 0 Å². The minimum atomic E-state index is 0.324. The maximum Gasteiger partial charge on any atom is 0.147 e. The number of nitrogens with zero attached hydrogens (tertiary/aromatic N) is 2. The van der Waals surface area contributed by atoms with Gasteiger partial charge in [-0.2, -0.15) is 0 Å². The van der Waals surface area contributed by atoms with Crippen molar-refractivity contribution in [2.75, 3.05) is 31.2 Å². The van der Waals surface area contributed by atoms with Crippen LogP contribution in [0, 0.1) is 5.41 Å². The summed E-state index contributed by atoms with van der Waals surface area (Å²) >= 11 is 12.0. The molecule has 0 amide bonds. The number of ether oxygens (including phenoxy) is 1. The zero-order valence-corrected chi connectivity index (χ0v) is 11.0. The van der Waals surface area contributed by atoms with Gasteiger partial charge in [0.25, 0.3) is 0 Å². The number of hydrogen-bond donors (Lipinski definition) is 0. The standard InChI is InChI=1S/C12H14Cl2N2O/c13-9-5-10(14)11(15-6-9)16-3-1-12(7-16)2-4-17-8-12/h5-6H,1-4,7-8H2. The van der Waals surface area contributed by atoms with Gasteiger partial charge < -0.3 is 9.64 Å². The Kier molecular flexibility index (Phi) is 2.93. The molecule has 3 nitrogen and oxygen atoms in total. The Labute approximate surface area is 111 Å². The van der Waals surface area contributed by atoms with Gasteiger partial charge in [-0.1, -0.05) is 23.2 Å². The van der Waals surface area contributed by atoms with E-state index in [2.05, 4.69) is 9.88 Å². The van der Waals surface area contributed by atoms with Crippen molar-refractivity contribution < 1.29 is 4.74 Å². The van der Waals surface area contributed by atoms with Gasteiger partial charge in [-0.05, 0) is 18.9 Å². The van der Waals surface area contributed by atoms with E-state index in [1.165, 1.54) is 0 Å². The van der Waals surface area contributed by atoms with Crippen molar-refractivity contribution in [1.29, 1.82) is 0 Å². The van der Waals surface area contributed by atoms with Crippen molar-refractivity contribution in [2.24, 2.45) is 5.41 Å². The van der Waals surface area contributed by atoms with E-state index in [1.807, 2.05) is 0 Å². The lowest BCUT2D eigenvalue weighted by Crippen LogP contribution is -2.28. The molecule has 0 radical (unpaired) electrons. The van der Waals surface area contributed by atoms with E-state index in [-0.39, 0.29) is 0 Å². The molecule has 1 unspecified atom stereocenters. The summed E-state index contributed by atoms with van der Waals surface area (Å²) in [5.41, 5.74) is 0.324. The normalized spacial score (nSPS) is 28.2. The van der Waals surface area contributed by atoms with Crippen molar-refractivity contribution in [1.82, 2.24) is 4.98 Å². The Morgan fingerprint density at radius 1 is 1.35 bits per heavy atom. The second-order valence-corrected chi connectivity index (χ2v) is 5.78. The molecule has 5 heteroatoms. The fourth-order valence-electron chi connectivity index (χ4n) is 2.73. The molecule has 1 aromatic rings. The number of aromatic nitrogens is 1. The third kappa shape index (κ3) is 2.12. The summed E-state index contributed by atoms with van der Waals surface area (Å²) in [4.78, 5) is 6.58. The summed E-state index contributed by atoms with van der Waals surface area (Å²) in [5.74, 6) is 0.847. The van der Waals surface area contributed by atoms with Gasteiger partial charge in [-0.15, -0.1) is 0 Å². The van der Waals surface area contributed by atoms with Crippen molar-refractivity contribution in [2.45, 2.75) is 12.8 Å². The van der Waals surface area contributed by atoms with Crippen LogP contribution in [0.3, 0.4) is 0 Å². The van der Waals surface area contributed by atoms with Crippen molar-refractivity contribution in [3.63, 3.8) is 0 Å². The first kappa shape index (κ1) is 11.6. The van der Waals surface area contributed by atoms with Crippen LogP contribution in [0.5, 0.6) is 0 Å². The number of halogens is 2. The fourth-order valence-corrected chi connectivity index (χ4v) is 3.23. The molecule has 3 rings (SSSR count). The molecule has 1 spiro atoms. The maximum absolute atomic E-state index is 6.18. The first-order valence-corrected chi connectivity index (χ1v) is 6.58. The highest BCUT2D eigenvalue weighted by atomic mass is 35.5. The smallest absolute Gasteiger partial charge is 0.147 e. The summed E-state index contributed by atoms with van der Waals surface area (Å²) in [6, 6.07) is 1.75. The van der Waals surface area contributed by atoms with E-state index in [9.17, 15) is 0 Å². The average Bonchev–Trinajstić information content (AvgIpc) is 2.90. The maximum atomic E-state index is 6.18. The Balaban J connectivity index is 1.82. The molecule has 2 aliphatic rings. The molecule has 0 bridgehead atoms. The van der Waals surface area contributed by atoms with Gasteiger partial charge in [0.15, 0.2) is 0 Å². The Bertz CT molecular complexity index is 433. The molecular weight excluding hydrogens is 259 g/mol. The molecule has 0 saturated carbocycles. The number of rotatable bonds is 1. The van der Waals surface area contributed by atoms with Crippen LogP contribution in [0.1, 0.15) is 12.8 Å². The van der Waals surface area contributed by atoms with Crippen molar-refractivity contribution >= 4 is 29.0 Å². The first-order valence-electron chi connectivity index (χ1n) is 5.82. The van der Waals surface area contributed by atoms with E-state index >= 15 is 0 Å². The number of pyridine rings is 1. The monoisotopic (exact) mass is 272 g/mol. The molecule has 0 aromatic carbocycles. The van der Waals surface area contributed by atoms with Crippen LogP contribution in [-0.2, 0) is 4.74 Å². The largest absolute Gasteiger partial charge is 0.381 e. The molecule has 1 aromatic heterocycles. The minimum absolute atomic E-state index is 0.324. The fraction of sp³-hybridized carbons (Fsp3) is 0.583. The van der Waals surface area contributed by atoms with Crippen LogP contribution < -0.4 is 4.90 Å². The van der Waals surface area contributed by atoms with Crippen molar-refractivity contribution in [3.8, 4) is 0 Å². The number of hydrogen-bond acceptors (Lipinski definition) is 3. The zero-order valence-electron chi connectivity index (χ0n) is 9.46. The molecule has 17 heavy (non-hydrogen) atoms. The van der Waals surface area contributed by atoms with Gasteiger partial charge in [-0.3, -0.25) is 0 Å². The van der Waals surface area contributed by atoms with Gasteiger partial charge in [0.05, 0.1) is 16.7 Å². The van der Waals surface area contributed by atoms with Gasteiger partial charge in [0, 0.05) is 31.3 Å². The van der Waals surface area contributed by atoms with Crippen LogP contribution >= 0.6 is 23.2 Å². The minimum Gasteiger partial charge on any atom is -0.381 e.